The molecule has 0 aliphatic heterocycles. The predicted molar refractivity (Wildman–Crippen MR) is 101 cm³/mol. The summed E-state index contributed by atoms with van der Waals surface area (Å²) in [4.78, 5) is 16.8. The lowest BCUT2D eigenvalue weighted by Gasteiger charge is -2.23. The number of nitrogens with zero attached hydrogens (tertiary/aromatic N) is 1. The number of carbonyl (C=O) groups excluding carboxylic acids is 1. The van der Waals surface area contributed by atoms with E-state index >= 15 is 0 Å². The lowest BCUT2D eigenvalue weighted by atomic mass is 9.92. The largest absolute Gasteiger partial charge is 0.469 e. The minimum Gasteiger partial charge on any atom is -0.469 e. The van der Waals surface area contributed by atoms with Crippen LogP contribution in [0.15, 0.2) is 27.8 Å². The molecule has 25 heavy (non-hydrogen) atoms. The average molecular weight is 348 g/mol. The summed E-state index contributed by atoms with van der Waals surface area (Å²) in [5.41, 5.74) is -0.526. The first-order valence-corrected chi connectivity index (χ1v) is 9.37. The van der Waals surface area contributed by atoms with Crippen LogP contribution in [0, 0.1) is 5.41 Å². The summed E-state index contributed by atoms with van der Waals surface area (Å²) in [6, 6.07) is 4.35. The number of nitrogens with one attached hydrogen (secondary N) is 3. The van der Waals surface area contributed by atoms with Crippen LogP contribution in [-0.4, -0.2) is 37.5 Å². The van der Waals surface area contributed by atoms with Gasteiger partial charge in [-0.05, 0) is 45.7 Å². The third-order valence-corrected chi connectivity index (χ3v) is 4.52. The maximum Gasteiger partial charge on any atom is 0.227 e. The van der Waals surface area contributed by atoms with Crippen LogP contribution in [-0.2, 0) is 11.2 Å². The number of aliphatic imine (C=N–C) groups is 1. The summed E-state index contributed by atoms with van der Waals surface area (Å²) >= 11 is 0. The molecule has 140 valence electrons. The van der Waals surface area contributed by atoms with Crippen LogP contribution in [0.5, 0.6) is 0 Å². The molecular formula is C19H32N4O2. The van der Waals surface area contributed by atoms with Crippen molar-refractivity contribution < 1.29 is 9.21 Å². The SMILES string of the molecule is CCNC(=O)C(C)(C)CN=C(NCCc1ccco1)NC1CCCC1. The van der Waals surface area contributed by atoms with E-state index in [0.29, 0.717) is 19.1 Å². The molecule has 1 amide bonds. The van der Waals surface area contributed by atoms with Crippen LogP contribution in [0.1, 0.15) is 52.2 Å². The number of hydrogen-bond donors (Lipinski definition) is 3. The molecule has 0 radical (unpaired) electrons. The zero-order chi connectivity index (χ0) is 18.1. The third kappa shape index (κ3) is 6.44. The fraction of sp³-hybridized carbons (Fsp3) is 0.684. The standard InChI is InChI=1S/C19H32N4O2/c1-4-20-17(24)19(2,3)14-22-18(23-15-8-5-6-9-15)21-12-11-16-10-7-13-25-16/h7,10,13,15H,4-6,8-9,11-12,14H2,1-3H3,(H,20,24)(H2,21,22,23). The number of hydrogen-bond acceptors (Lipinski definition) is 3. The highest BCUT2D eigenvalue weighted by molar-refractivity contribution is 5.83. The van der Waals surface area contributed by atoms with E-state index in [2.05, 4.69) is 20.9 Å². The second-order valence-electron chi connectivity index (χ2n) is 7.29. The highest BCUT2D eigenvalue weighted by Crippen LogP contribution is 2.18. The maximum atomic E-state index is 12.2. The Hall–Kier alpha value is -1.98. The Bertz CT molecular complexity index is 546. The third-order valence-electron chi connectivity index (χ3n) is 4.52. The molecular weight excluding hydrogens is 316 g/mol. The van der Waals surface area contributed by atoms with E-state index in [1.165, 1.54) is 25.7 Å². The van der Waals surface area contributed by atoms with Crippen LogP contribution < -0.4 is 16.0 Å². The molecule has 1 aliphatic carbocycles. The molecule has 0 aromatic carbocycles. The minimum atomic E-state index is -0.526. The van der Waals surface area contributed by atoms with Crippen molar-refractivity contribution in [3.63, 3.8) is 0 Å². The summed E-state index contributed by atoms with van der Waals surface area (Å²) in [5, 5.41) is 9.77. The van der Waals surface area contributed by atoms with E-state index in [1.807, 2.05) is 32.9 Å². The molecule has 2 rings (SSSR count). The lowest BCUT2D eigenvalue weighted by molar-refractivity contribution is -0.128. The van der Waals surface area contributed by atoms with Gasteiger partial charge in [-0.2, -0.15) is 0 Å². The van der Waals surface area contributed by atoms with Crippen LogP contribution in [0.2, 0.25) is 0 Å². The molecule has 3 N–H and O–H groups in total. The van der Waals surface area contributed by atoms with Gasteiger partial charge in [0.1, 0.15) is 5.76 Å². The monoisotopic (exact) mass is 348 g/mol. The van der Waals surface area contributed by atoms with Crippen LogP contribution in [0.4, 0.5) is 0 Å². The van der Waals surface area contributed by atoms with Crippen LogP contribution in [0.25, 0.3) is 0 Å². The van der Waals surface area contributed by atoms with Crippen molar-refractivity contribution in [3.05, 3.63) is 24.2 Å². The highest BCUT2D eigenvalue weighted by atomic mass is 16.3. The predicted octanol–water partition coefficient (Wildman–Crippen LogP) is 2.46. The summed E-state index contributed by atoms with van der Waals surface area (Å²) in [6.07, 6.45) is 7.38. The van der Waals surface area contributed by atoms with Crippen molar-refractivity contribution >= 4 is 11.9 Å². The molecule has 6 nitrogen and oxygen atoms in total. The van der Waals surface area contributed by atoms with Gasteiger partial charge in [0.15, 0.2) is 5.96 Å². The molecule has 0 bridgehead atoms. The van der Waals surface area contributed by atoms with Gasteiger partial charge in [0.2, 0.25) is 5.91 Å². The van der Waals surface area contributed by atoms with Crippen molar-refractivity contribution in [1.29, 1.82) is 0 Å². The first-order valence-electron chi connectivity index (χ1n) is 9.37. The molecule has 1 saturated carbocycles. The molecule has 1 heterocycles. The number of guanidine groups is 1. The van der Waals surface area contributed by atoms with E-state index < -0.39 is 5.41 Å². The normalized spacial score (nSPS) is 16.0. The lowest BCUT2D eigenvalue weighted by Crippen LogP contribution is -2.45. The zero-order valence-electron chi connectivity index (χ0n) is 15.7. The van der Waals surface area contributed by atoms with Gasteiger partial charge in [0.05, 0.1) is 18.2 Å². The van der Waals surface area contributed by atoms with Crippen LogP contribution in [0.3, 0.4) is 0 Å². The van der Waals surface area contributed by atoms with E-state index in [-0.39, 0.29) is 5.91 Å². The molecule has 1 aromatic heterocycles. The van der Waals surface area contributed by atoms with Crippen molar-refractivity contribution in [2.75, 3.05) is 19.6 Å². The Morgan fingerprint density at radius 2 is 2.08 bits per heavy atom. The molecule has 0 spiro atoms. The van der Waals surface area contributed by atoms with Gasteiger partial charge in [0, 0.05) is 25.6 Å². The summed E-state index contributed by atoms with van der Waals surface area (Å²) in [5.74, 6) is 1.78. The Kier molecular flexibility index (Phi) is 7.34. The van der Waals surface area contributed by atoms with Gasteiger partial charge in [-0.3, -0.25) is 9.79 Å². The molecule has 0 unspecified atom stereocenters. The van der Waals surface area contributed by atoms with Gasteiger partial charge in [-0.1, -0.05) is 12.8 Å². The van der Waals surface area contributed by atoms with Crippen LogP contribution >= 0.6 is 0 Å². The van der Waals surface area contributed by atoms with Gasteiger partial charge < -0.3 is 20.4 Å². The molecule has 6 heteroatoms. The smallest absolute Gasteiger partial charge is 0.227 e. The van der Waals surface area contributed by atoms with Gasteiger partial charge in [0.25, 0.3) is 0 Å². The number of furan rings is 1. The Morgan fingerprint density at radius 1 is 1.32 bits per heavy atom. The molecule has 1 aromatic rings. The van der Waals surface area contributed by atoms with Crippen molar-refractivity contribution in [1.82, 2.24) is 16.0 Å². The van der Waals surface area contributed by atoms with Crippen molar-refractivity contribution in [2.24, 2.45) is 10.4 Å². The summed E-state index contributed by atoms with van der Waals surface area (Å²) in [7, 11) is 0. The van der Waals surface area contributed by atoms with E-state index in [9.17, 15) is 4.79 Å². The zero-order valence-corrected chi connectivity index (χ0v) is 15.7. The Morgan fingerprint density at radius 3 is 2.72 bits per heavy atom. The quantitative estimate of drug-likeness (QED) is 0.498. The highest BCUT2D eigenvalue weighted by Gasteiger charge is 2.27. The van der Waals surface area contributed by atoms with Crippen molar-refractivity contribution in [2.45, 2.75) is 58.9 Å². The topological polar surface area (TPSA) is 78.7 Å². The van der Waals surface area contributed by atoms with E-state index in [0.717, 1.165) is 24.7 Å². The van der Waals surface area contributed by atoms with E-state index in [4.69, 9.17) is 4.42 Å². The Balaban J connectivity index is 1.92. The second-order valence-corrected chi connectivity index (χ2v) is 7.29. The molecule has 0 saturated heterocycles. The van der Waals surface area contributed by atoms with E-state index in [1.54, 1.807) is 6.26 Å². The van der Waals surface area contributed by atoms with Gasteiger partial charge in [-0.25, -0.2) is 0 Å². The number of carbonyl (C=O) groups is 1. The fourth-order valence-electron chi connectivity index (χ4n) is 2.92. The second kappa shape index (κ2) is 9.49. The first kappa shape index (κ1) is 19.3. The number of rotatable bonds is 8. The molecule has 0 atom stereocenters. The first-order chi connectivity index (χ1) is 12.0. The number of amides is 1. The van der Waals surface area contributed by atoms with Crippen molar-refractivity contribution in [3.8, 4) is 0 Å². The molecule has 1 fully saturated rings. The fourth-order valence-corrected chi connectivity index (χ4v) is 2.92. The van der Waals surface area contributed by atoms with Gasteiger partial charge in [-0.15, -0.1) is 0 Å². The minimum absolute atomic E-state index is 0.0366. The van der Waals surface area contributed by atoms with Gasteiger partial charge >= 0.3 is 0 Å². The Labute approximate surface area is 150 Å². The summed E-state index contributed by atoms with van der Waals surface area (Å²) < 4.78 is 5.37. The molecule has 1 aliphatic rings. The summed E-state index contributed by atoms with van der Waals surface area (Å²) in [6.45, 7) is 7.62. The maximum absolute atomic E-state index is 12.2. The average Bonchev–Trinajstić information content (AvgIpc) is 3.26.